The highest BCUT2D eigenvalue weighted by Gasteiger charge is 2.20. The Kier molecular flexibility index (Phi) is 5.87. The summed E-state index contributed by atoms with van der Waals surface area (Å²) in [5.74, 6) is 0. The molecular weight excluding hydrogens is 266 g/mol. The van der Waals surface area contributed by atoms with Crippen LogP contribution in [0.1, 0.15) is 6.92 Å². The predicted molar refractivity (Wildman–Crippen MR) is 54.2 cm³/mol. The second kappa shape index (κ2) is 6.38. The van der Waals surface area contributed by atoms with Gasteiger partial charge in [-0.2, -0.15) is 4.57 Å². The summed E-state index contributed by atoms with van der Waals surface area (Å²) in [6, 6.07) is 2.90. The fourth-order valence-corrected chi connectivity index (χ4v) is 1.10. The van der Waals surface area contributed by atoms with Crippen LogP contribution in [0.2, 0.25) is 5.15 Å². The first-order valence-electron chi connectivity index (χ1n) is 4.36. The van der Waals surface area contributed by atoms with Gasteiger partial charge in [0.1, 0.15) is 6.54 Å². The third-order valence-electron chi connectivity index (χ3n) is 1.51. The Labute approximate surface area is 99.1 Å². The Morgan fingerprint density at radius 1 is 1.41 bits per heavy atom. The van der Waals surface area contributed by atoms with Gasteiger partial charge in [-0.25, -0.2) is 0 Å². The number of aryl methyl sites for hydroxylation is 1. The second-order valence-electron chi connectivity index (χ2n) is 2.75. The molecule has 0 N–H and O–H groups in total. The molecule has 0 aromatic carbocycles. The van der Waals surface area contributed by atoms with Crippen LogP contribution in [0, 0.1) is 10.1 Å². The molecule has 0 bridgehead atoms. The Morgan fingerprint density at radius 3 is 2.24 bits per heavy atom. The van der Waals surface area contributed by atoms with E-state index in [4.69, 9.17) is 11.6 Å². The van der Waals surface area contributed by atoms with E-state index in [0.29, 0.717) is 11.7 Å². The van der Waals surface area contributed by atoms with Crippen molar-refractivity contribution in [2.24, 2.45) is 0 Å². The highest BCUT2D eigenvalue weighted by molar-refractivity contribution is 6.50. The minimum absolute atomic E-state index is 0.0567. The number of halogens is 5. The normalized spacial score (nSPS) is 10.5. The van der Waals surface area contributed by atoms with Crippen LogP contribution in [0.4, 0.5) is 23.0 Å². The van der Waals surface area contributed by atoms with E-state index in [1.54, 1.807) is 4.57 Å². The maximum absolute atomic E-state index is 10.3. The zero-order valence-corrected chi connectivity index (χ0v) is 9.37. The van der Waals surface area contributed by atoms with Gasteiger partial charge >= 0.3 is 12.9 Å². The number of hydrogen-bond acceptors (Lipinski definition) is 2. The number of aromatic nitrogens is 1. The van der Waals surface area contributed by atoms with Crippen LogP contribution in [0.5, 0.6) is 0 Å². The van der Waals surface area contributed by atoms with Crippen LogP contribution < -0.4 is 4.57 Å². The van der Waals surface area contributed by atoms with E-state index in [2.05, 4.69) is 0 Å². The molecule has 0 atom stereocenters. The molecule has 0 saturated carbocycles. The van der Waals surface area contributed by atoms with E-state index < -0.39 is 12.2 Å². The molecule has 10 heteroatoms. The van der Waals surface area contributed by atoms with Gasteiger partial charge in [-0.3, -0.25) is 10.1 Å². The van der Waals surface area contributed by atoms with Crippen molar-refractivity contribution in [3.05, 3.63) is 33.6 Å². The Morgan fingerprint density at radius 2 is 1.88 bits per heavy atom. The van der Waals surface area contributed by atoms with Gasteiger partial charge in [-0.15, -0.1) is 0 Å². The summed E-state index contributed by atoms with van der Waals surface area (Å²) in [4.78, 5) is 9.89. The van der Waals surface area contributed by atoms with Crippen molar-refractivity contribution in [2.45, 2.75) is 13.5 Å². The lowest BCUT2D eigenvalue weighted by Crippen LogP contribution is -2.33. The van der Waals surface area contributed by atoms with E-state index in [9.17, 15) is 27.4 Å². The highest BCUT2D eigenvalue weighted by Crippen LogP contribution is 2.10. The van der Waals surface area contributed by atoms with Crippen LogP contribution in [-0.4, -0.2) is 12.2 Å². The average Bonchev–Trinajstić information content (AvgIpc) is 2.15. The van der Waals surface area contributed by atoms with Crippen molar-refractivity contribution in [3.8, 4) is 0 Å². The van der Waals surface area contributed by atoms with Crippen molar-refractivity contribution in [1.82, 2.24) is 0 Å². The first kappa shape index (κ1) is 15.6. The summed E-state index contributed by atoms with van der Waals surface area (Å²) in [6.45, 7) is 2.50. The lowest BCUT2D eigenvalue weighted by molar-refractivity contribution is -0.693. The molecule has 0 fully saturated rings. The standard InChI is InChI=1S/C7H8ClN2O2.BF4/c1-2-9-5-6(10(11)12)3-4-7(9)8;2-1(3,4)5/h3-5H,2H2,1H3;/q+1;-1. The van der Waals surface area contributed by atoms with Crippen molar-refractivity contribution in [2.75, 3.05) is 0 Å². The van der Waals surface area contributed by atoms with Gasteiger partial charge in [0.25, 0.3) is 5.15 Å². The first-order chi connectivity index (χ1) is 7.65. The molecule has 0 aliphatic carbocycles. The summed E-state index contributed by atoms with van der Waals surface area (Å²) >= 11 is 5.74. The number of rotatable bonds is 2. The Bertz CT molecular complexity index is 396. The minimum atomic E-state index is -6.00. The van der Waals surface area contributed by atoms with E-state index in [0.717, 1.165) is 0 Å². The summed E-state index contributed by atoms with van der Waals surface area (Å²) in [6.07, 6.45) is 1.42. The summed E-state index contributed by atoms with van der Waals surface area (Å²) in [7, 11) is -6.00. The smallest absolute Gasteiger partial charge is 0.418 e. The Hall–Kier alpha value is -1.38. The van der Waals surface area contributed by atoms with Gasteiger partial charge < -0.3 is 17.3 Å². The number of pyridine rings is 1. The van der Waals surface area contributed by atoms with Crippen molar-refractivity contribution in [1.29, 1.82) is 0 Å². The van der Waals surface area contributed by atoms with Gasteiger partial charge in [0.05, 0.1) is 4.92 Å². The third kappa shape index (κ3) is 7.50. The molecule has 0 saturated heterocycles. The van der Waals surface area contributed by atoms with Gasteiger partial charge in [-0.1, -0.05) is 0 Å². The second-order valence-corrected chi connectivity index (χ2v) is 3.14. The fraction of sp³-hybridized carbons (Fsp3) is 0.286. The van der Waals surface area contributed by atoms with Crippen molar-refractivity contribution >= 4 is 24.5 Å². The fourth-order valence-electron chi connectivity index (χ4n) is 0.865. The predicted octanol–water partition coefficient (Wildman–Crippen LogP) is 2.86. The zero-order chi connectivity index (χ0) is 13.6. The topological polar surface area (TPSA) is 47.0 Å². The largest absolute Gasteiger partial charge is 0.673 e. The van der Waals surface area contributed by atoms with Gasteiger partial charge in [0.2, 0.25) is 6.20 Å². The maximum atomic E-state index is 10.3. The molecule has 0 aliphatic rings. The molecule has 1 aromatic heterocycles. The molecule has 96 valence electrons. The van der Waals surface area contributed by atoms with Gasteiger partial charge in [0, 0.05) is 12.1 Å². The van der Waals surface area contributed by atoms with Crippen molar-refractivity contribution in [3.63, 3.8) is 0 Å². The molecule has 1 aromatic rings. The molecular formula is C7H8BClF4N2O2. The molecule has 1 rings (SSSR count). The monoisotopic (exact) mass is 274 g/mol. The van der Waals surface area contributed by atoms with Crippen LogP contribution in [-0.2, 0) is 6.54 Å². The summed E-state index contributed by atoms with van der Waals surface area (Å²) < 4.78 is 40.6. The lowest BCUT2D eigenvalue weighted by Gasteiger charge is -1.94. The maximum Gasteiger partial charge on any atom is 0.673 e. The molecule has 0 spiro atoms. The first-order valence-corrected chi connectivity index (χ1v) is 4.73. The molecule has 0 aliphatic heterocycles. The van der Waals surface area contributed by atoms with E-state index in [-0.39, 0.29) is 5.69 Å². The highest BCUT2D eigenvalue weighted by atomic mass is 35.5. The van der Waals surface area contributed by atoms with Crippen molar-refractivity contribution < 1.29 is 26.8 Å². The van der Waals surface area contributed by atoms with E-state index >= 15 is 0 Å². The van der Waals surface area contributed by atoms with E-state index in [1.807, 2.05) is 6.92 Å². The van der Waals surface area contributed by atoms with E-state index in [1.165, 1.54) is 18.3 Å². The van der Waals surface area contributed by atoms with Gasteiger partial charge in [-0.05, 0) is 18.5 Å². The quantitative estimate of drug-likeness (QED) is 0.208. The SMILES string of the molecule is CC[n+]1cc([N+](=O)[O-])ccc1Cl.F[B-](F)(F)F. The molecule has 17 heavy (non-hydrogen) atoms. The molecule has 0 unspecified atom stereocenters. The molecule has 0 amide bonds. The molecule has 0 radical (unpaired) electrons. The zero-order valence-electron chi connectivity index (χ0n) is 8.62. The lowest BCUT2D eigenvalue weighted by atomic mass is 10.3. The molecule has 4 nitrogen and oxygen atoms in total. The van der Waals surface area contributed by atoms with Crippen LogP contribution in [0.25, 0.3) is 0 Å². The number of nitrogens with zero attached hydrogens (tertiary/aromatic N) is 2. The van der Waals surface area contributed by atoms with Crippen LogP contribution >= 0.6 is 11.6 Å². The summed E-state index contributed by atoms with van der Waals surface area (Å²) in [5, 5.41) is 10.8. The average molecular weight is 274 g/mol. The minimum Gasteiger partial charge on any atom is -0.418 e. The summed E-state index contributed by atoms with van der Waals surface area (Å²) in [5.41, 5.74) is 0.0567. The number of nitro groups is 1. The van der Waals surface area contributed by atoms with Crippen LogP contribution in [0.3, 0.4) is 0 Å². The molecule has 1 heterocycles. The Balaban J connectivity index is 0.000000437. The third-order valence-corrected chi connectivity index (χ3v) is 1.85. The number of hydrogen-bond donors (Lipinski definition) is 0. The van der Waals surface area contributed by atoms with Gasteiger partial charge in [0.15, 0.2) is 0 Å². The van der Waals surface area contributed by atoms with Crippen LogP contribution in [0.15, 0.2) is 18.3 Å².